The Bertz CT molecular complexity index is 548. The van der Waals surface area contributed by atoms with E-state index < -0.39 is 9.84 Å². The van der Waals surface area contributed by atoms with Crippen LogP contribution in [0.2, 0.25) is 0 Å². The summed E-state index contributed by atoms with van der Waals surface area (Å²) in [5, 5.41) is 3.17. The molecule has 1 aliphatic rings. The predicted octanol–water partition coefficient (Wildman–Crippen LogP) is 0.136. The van der Waals surface area contributed by atoms with E-state index in [4.69, 9.17) is 0 Å². The molecule has 2 rings (SSSR count). The molecule has 5 nitrogen and oxygen atoms in total. The lowest BCUT2D eigenvalue weighted by Crippen LogP contribution is -2.46. The highest BCUT2D eigenvalue weighted by molar-refractivity contribution is 7.90. The van der Waals surface area contributed by atoms with Gasteiger partial charge in [0.15, 0.2) is 9.84 Å². The van der Waals surface area contributed by atoms with E-state index in [0.29, 0.717) is 18.7 Å². The van der Waals surface area contributed by atoms with Gasteiger partial charge in [-0.1, -0.05) is 6.07 Å². The Kier molecular flexibility index (Phi) is 3.68. The van der Waals surface area contributed by atoms with E-state index in [1.54, 1.807) is 17.0 Å². The van der Waals surface area contributed by atoms with Crippen LogP contribution in [0.25, 0.3) is 0 Å². The second-order valence-electron chi connectivity index (χ2n) is 4.34. The number of carbonyl (C=O) groups is 1. The number of nitrogens with zero attached hydrogens (tertiary/aromatic N) is 1. The van der Waals surface area contributed by atoms with Crippen LogP contribution >= 0.6 is 0 Å². The molecule has 0 unspecified atom stereocenters. The summed E-state index contributed by atoms with van der Waals surface area (Å²) in [5.74, 6) is -0.109. The van der Waals surface area contributed by atoms with Crippen LogP contribution in [0, 0.1) is 0 Å². The zero-order valence-electron chi connectivity index (χ0n) is 10.2. The number of nitrogens with one attached hydrogen (secondary N) is 1. The third-order valence-corrected chi connectivity index (χ3v) is 4.02. The van der Waals surface area contributed by atoms with Gasteiger partial charge < -0.3 is 10.2 Å². The first-order valence-corrected chi connectivity index (χ1v) is 7.68. The lowest BCUT2D eigenvalue weighted by Gasteiger charge is -2.27. The van der Waals surface area contributed by atoms with Crippen molar-refractivity contribution < 1.29 is 13.2 Å². The number of carbonyl (C=O) groups excluding carboxylic acids is 1. The Morgan fingerprint density at radius 1 is 1.28 bits per heavy atom. The molecule has 1 aromatic carbocycles. The van der Waals surface area contributed by atoms with Crippen LogP contribution in [-0.4, -0.2) is 51.7 Å². The van der Waals surface area contributed by atoms with Gasteiger partial charge in [0.05, 0.1) is 4.90 Å². The average Bonchev–Trinajstić information content (AvgIpc) is 2.38. The number of hydrogen-bond acceptors (Lipinski definition) is 4. The van der Waals surface area contributed by atoms with Gasteiger partial charge in [0.25, 0.3) is 5.91 Å². The van der Waals surface area contributed by atoms with Gasteiger partial charge in [-0.15, -0.1) is 0 Å². The lowest BCUT2D eigenvalue weighted by molar-refractivity contribution is 0.0735. The smallest absolute Gasteiger partial charge is 0.253 e. The summed E-state index contributed by atoms with van der Waals surface area (Å²) >= 11 is 0. The summed E-state index contributed by atoms with van der Waals surface area (Å²) in [6, 6.07) is 6.20. The van der Waals surface area contributed by atoms with Crippen LogP contribution in [0.15, 0.2) is 29.2 Å². The molecule has 0 bridgehead atoms. The standard InChI is InChI=1S/C12H16N2O3S/c1-18(16,17)11-4-2-3-10(9-11)12(15)14-7-5-13-6-8-14/h2-4,9,13H,5-8H2,1H3. The Morgan fingerprint density at radius 3 is 2.56 bits per heavy atom. The minimum absolute atomic E-state index is 0.109. The average molecular weight is 268 g/mol. The molecule has 0 aliphatic carbocycles. The molecule has 0 saturated carbocycles. The van der Waals surface area contributed by atoms with Crippen LogP contribution in [0.1, 0.15) is 10.4 Å². The Hall–Kier alpha value is -1.40. The quantitative estimate of drug-likeness (QED) is 0.828. The summed E-state index contributed by atoms with van der Waals surface area (Å²) in [6.45, 7) is 2.86. The van der Waals surface area contributed by atoms with Crippen molar-refractivity contribution in [3.8, 4) is 0 Å². The molecule has 0 radical (unpaired) electrons. The fraction of sp³-hybridized carbons (Fsp3) is 0.417. The number of piperazine rings is 1. The summed E-state index contributed by atoms with van der Waals surface area (Å²) < 4.78 is 22.9. The van der Waals surface area contributed by atoms with Crippen LogP contribution in [0.3, 0.4) is 0 Å². The van der Waals surface area contributed by atoms with E-state index >= 15 is 0 Å². The highest BCUT2D eigenvalue weighted by Crippen LogP contribution is 2.13. The van der Waals surface area contributed by atoms with Crippen LogP contribution < -0.4 is 5.32 Å². The molecule has 0 atom stereocenters. The number of amides is 1. The monoisotopic (exact) mass is 268 g/mol. The summed E-state index contributed by atoms with van der Waals surface area (Å²) in [4.78, 5) is 14.1. The molecule has 1 aliphatic heterocycles. The van der Waals surface area contributed by atoms with Gasteiger partial charge in [0.1, 0.15) is 0 Å². The van der Waals surface area contributed by atoms with Gasteiger partial charge in [0.2, 0.25) is 0 Å². The number of sulfone groups is 1. The Labute approximate surface area is 107 Å². The SMILES string of the molecule is CS(=O)(=O)c1cccc(C(=O)N2CCNCC2)c1. The first kappa shape index (κ1) is 13.0. The molecular weight excluding hydrogens is 252 g/mol. The van der Waals surface area contributed by atoms with Crippen molar-refractivity contribution in [1.82, 2.24) is 10.2 Å². The van der Waals surface area contributed by atoms with Gasteiger partial charge >= 0.3 is 0 Å². The van der Waals surface area contributed by atoms with E-state index in [9.17, 15) is 13.2 Å². The molecule has 1 amide bonds. The molecule has 1 N–H and O–H groups in total. The fourth-order valence-electron chi connectivity index (χ4n) is 1.91. The molecule has 18 heavy (non-hydrogen) atoms. The maximum atomic E-state index is 12.2. The summed E-state index contributed by atoms with van der Waals surface area (Å²) in [7, 11) is -3.27. The molecule has 0 spiro atoms. The zero-order chi connectivity index (χ0) is 13.2. The normalized spacial score (nSPS) is 16.6. The summed E-state index contributed by atoms with van der Waals surface area (Å²) in [5.41, 5.74) is 0.430. The number of hydrogen-bond donors (Lipinski definition) is 1. The van der Waals surface area contributed by atoms with Crippen LogP contribution in [0.4, 0.5) is 0 Å². The molecule has 1 saturated heterocycles. The van der Waals surface area contributed by atoms with Crippen LogP contribution in [-0.2, 0) is 9.84 Å². The van der Waals surface area contributed by atoms with E-state index in [1.807, 2.05) is 0 Å². The molecule has 0 aromatic heterocycles. The first-order chi connectivity index (χ1) is 8.48. The van der Waals surface area contributed by atoms with Gasteiger partial charge in [-0.3, -0.25) is 4.79 Å². The zero-order valence-corrected chi connectivity index (χ0v) is 11.0. The predicted molar refractivity (Wildman–Crippen MR) is 68.3 cm³/mol. The Morgan fingerprint density at radius 2 is 1.94 bits per heavy atom. The van der Waals surface area contributed by atoms with Crippen molar-refractivity contribution >= 4 is 15.7 Å². The van der Waals surface area contributed by atoms with Crippen molar-refractivity contribution in [2.75, 3.05) is 32.4 Å². The van der Waals surface area contributed by atoms with Gasteiger partial charge in [-0.2, -0.15) is 0 Å². The van der Waals surface area contributed by atoms with Gasteiger partial charge in [-0.25, -0.2) is 8.42 Å². The van der Waals surface area contributed by atoms with E-state index in [2.05, 4.69) is 5.32 Å². The Balaban J connectivity index is 2.25. The minimum atomic E-state index is -3.27. The maximum absolute atomic E-state index is 12.2. The third-order valence-electron chi connectivity index (χ3n) is 2.91. The van der Waals surface area contributed by atoms with Crippen LogP contribution in [0.5, 0.6) is 0 Å². The highest BCUT2D eigenvalue weighted by atomic mass is 32.2. The summed E-state index contributed by atoms with van der Waals surface area (Å²) in [6.07, 6.45) is 1.14. The van der Waals surface area contributed by atoms with Gasteiger partial charge in [0, 0.05) is 38.0 Å². The van der Waals surface area contributed by atoms with E-state index in [1.165, 1.54) is 12.1 Å². The molecule has 6 heteroatoms. The van der Waals surface area contributed by atoms with Gasteiger partial charge in [-0.05, 0) is 18.2 Å². The highest BCUT2D eigenvalue weighted by Gasteiger charge is 2.19. The van der Waals surface area contributed by atoms with E-state index in [0.717, 1.165) is 19.3 Å². The molecule has 1 aromatic rings. The van der Waals surface area contributed by atoms with Crippen molar-refractivity contribution in [2.24, 2.45) is 0 Å². The van der Waals surface area contributed by atoms with Crippen molar-refractivity contribution in [2.45, 2.75) is 4.90 Å². The van der Waals surface area contributed by atoms with Crippen molar-refractivity contribution in [3.63, 3.8) is 0 Å². The minimum Gasteiger partial charge on any atom is -0.336 e. The van der Waals surface area contributed by atoms with Crippen molar-refractivity contribution in [1.29, 1.82) is 0 Å². The number of benzene rings is 1. The third kappa shape index (κ3) is 2.88. The number of rotatable bonds is 2. The maximum Gasteiger partial charge on any atom is 0.253 e. The second kappa shape index (κ2) is 5.07. The fourth-order valence-corrected chi connectivity index (χ4v) is 2.58. The second-order valence-corrected chi connectivity index (χ2v) is 6.36. The molecule has 1 heterocycles. The lowest BCUT2D eigenvalue weighted by atomic mass is 10.2. The topological polar surface area (TPSA) is 66.5 Å². The van der Waals surface area contributed by atoms with E-state index in [-0.39, 0.29) is 10.8 Å². The largest absolute Gasteiger partial charge is 0.336 e. The van der Waals surface area contributed by atoms with Crippen molar-refractivity contribution in [3.05, 3.63) is 29.8 Å². The first-order valence-electron chi connectivity index (χ1n) is 5.78. The molecular formula is C12H16N2O3S. The molecule has 1 fully saturated rings. The molecule has 98 valence electrons.